The van der Waals surface area contributed by atoms with E-state index in [0.29, 0.717) is 0 Å². The molecule has 0 amide bonds. The normalized spacial score (nSPS) is 13.3. The highest BCUT2D eigenvalue weighted by Gasteiger charge is 1.89. The zero-order chi connectivity index (χ0) is 16.8. The van der Waals surface area contributed by atoms with Crippen molar-refractivity contribution < 1.29 is 5.11 Å². The Labute approximate surface area is 143 Å². The number of aliphatic hydroxyl groups excluding tert-OH is 1. The first-order valence-electron chi connectivity index (χ1n) is 9.04. The summed E-state index contributed by atoms with van der Waals surface area (Å²) in [6.07, 6.45) is 34.8. The molecule has 0 aromatic heterocycles. The van der Waals surface area contributed by atoms with Gasteiger partial charge in [0.1, 0.15) is 0 Å². The molecule has 1 heteroatoms. The van der Waals surface area contributed by atoms with Gasteiger partial charge in [-0.1, -0.05) is 113 Å². The molecule has 0 unspecified atom stereocenters. The Bertz CT molecular complexity index is 394. The molecule has 128 valence electrons. The van der Waals surface area contributed by atoms with Gasteiger partial charge in [-0.05, 0) is 18.9 Å². The van der Waals surface area contributed by atoms with Crippen LogP contribution >= 0.6 is 0 Å². The largest absolute Gasteiger partial charge is 0.516 e. The molecule has 0 spiro atoms. The van der Waals surface area contributed by atoms with E-state index in [-0.39, 0.29) is 0 Å². The predicted molar refractivity (Wildman–Crippen MR) is 105 cm³/mol. The first kappa shape index (κ1) is 21.2. The summed E-state index contributed by atoms with van der Waals surface area (Å²) in [7, 11) is 0. The van der Waals surface area contributed by atoms with Crippen LogP contribution in [0, 0.1) is 0 Å². The van der Waals surface area contributed by atoms with E-state index in [1.165, 1.54) is 57.8 Å². The summed E-state index contributed by atoms with van der Waals surface area (Å²) >= 11 is 0. The van der Waals surface area contributed by atoms with Crippen LogP contribution in [-0.4, -0.2) is 5.11 Å². The monoisotopic (exact) mass is 314 g/mol. The molecule has 1 N–H and O–H groups in total. The number of allylic oxidation sites excluding steroid dienone is 11. The maximum atomic E-state index is 8.42. The second-order valence-corrected chi connectivity index (χ2v) is 5.57. The molecule has 0 bridgehead atoms. The van der Waals surface area contributed by atoms with Crippen molar-refractivity contribution in [3.05, 3.63) is 73.1 Å². The molecule has 0 saturated carbocycles. The lowest BCUT2D eigenvalue weighted by molar-refractivity contribution is 0.474. The van der Waals surface area contributed by atoms with Crippen LogP contribution in [0.3, 0.4) is 0 Å². The summed E-state index contributed by atoms with van der Waals surface area (Å²) in [4.78, 5) is 0. The summed E-state index contributed by atoms with van der Waals surface area (Å²) in [6.45, 7) is 2.27. The minimum atomic E-state index is 1.02. The molecule has 0 aliphatic carbocycles. The van der Waals surface area contributed by atoms with E-state index >= 15 is 0 Å². The second kappa shape index (κ2) is 20.2. The van der Waals surface area contributed by atoms with E-state index in [4.69, 9.17) is 5.11 Å². The third-order valence-corrected chi connectivity index (χ3v) is 3.45. The molecule has 23 heavy (non-hydrogen) atoms. The van der Waals surface area contributed by atoms with Crippen molar-refractivity contribution in [2.45, 2.75) is 64.7 Å². The van der Waals surface area contributed by atoms with Crippen molar-refractivity contribution in [3.63, 3.8) is 0 Å². The minimum absolute atomic E-state index is 1.02. The highest BCUT2D eigenvalue weighted by molar-refractivity contribution is 5.19. The lowest BCUT2D eigenvalue weighted by Gasteiger charge is -1.99. The zero-order valence-corrected chi connectivity index (χ0v) is 14.7. The zero-order valence-electron chi connectivity index (χ0n) is 14.7. The third kappa shape index (κ3) is 20.2. The molecule has 1 nitrogen and oxygen atoms in total. The van der Waals surface area contributed by atoms with Crippen LogP contribution in [0.1, 0.15) is 64.7 Å². The average molecular weight is 315 g/mol. The number of hydrogen-bond acceptors (Lipinski definition) is 1. The van der Waals surface area contributed by atoms with Crippen molar-refractivity contribution in [2.75, 3.05) is 0 Å². The van der Waals surface area contributed by atoms with Crippen molar-refractivity contribution >= 4 is 0 Å². The SMILES string of the molecule is CCCCCCCCCCC=CC=CC=CC=CC=CC=CO. The average Bonchev–Trinajstić information content (AvgIpc) is 2.57. The van der Waals surface area contributed by atoms with E-state index in [2.05, 4.69) is 25.2 Å². The number of hydrogen-bond donors (Lipinski definition) is 1. The molecule has 0 atom stereocenters. The van der Waals surface area contributed by atoms with Crippen LogP contribution < -0.4 is 0 Å². The van der Waals surface area contributed by atoms with Gasteiger partial charge in [-0.25, -0.2) is 0 Å². The van der Waals surface area contributed by atoms with Crippen LogP contribution in [0.15, 0.2) is 73.1 Å². The Hall–Kier alpha value is -1.76. The maximum absolute atomic E-state index is 8.42. The molecule has 0 aliphatic heterocycles. The first-order valence-corrected chi connectivity index (χ1v) is 9.04. The van der Waals surface area contributed by atoms with Gasteiger partial charge in [0.15, 0.2) is 0 Å². The van der Waals surface area contributed by atoms with Gasteiger partial charge in [0.05, 0.1) is 6.26 Å². The Balaban J connectivity index is 3.45. The molecule has 0 aromatic rings. The number of aliphatic hydroxyl groups is 1. The Kier molecular flexibility index (Phi) is 18.7. The summed E-state index contributed by atoms with van der Waals surface area (Å²) in [5.74, 6) is 0. The Morgan fingerprint density at radius 2 is 0.957 bits per heavy atom. The molecule has 0 fully saturated rings. The Morgan fingerprint density at radius 3 is 1.48 bits per heavy atom. The van der Waals surface area contributed by atoms with Gasteiger partial charge in [-0.2, -0.15) is 0 Å². The van der Waals surface area contributed by atoms with Crippen molar-refractivity contribution in [1.29, 1.82) is 0 Å². The van der Waals surface area contributed by atoms with Gasteiger partial charge in [0.2, 0.25) is 0 Å². The van der Waals surface area contributed by atoms with Crippen LogP contribution in [-0.2, 0) is 0 Å². The van der Waals surface area contributed by atoms with Gasteiger partial charge in [-0.15, -0.1) is 0 Å². The first-order chi connectivity index (χ1) is 11.4. The molecule has 0 heterocycles. The molecule has 0 saturated heterocycles. The van der Waals surface area contributed by atoms with Crippen LogP contribution in [0.4, 0.5) is 0 Å². The number of unbranched alkanes of at least 4 members (excludes halogenated alkanes) is 8. The Morgan fingerprint density at radius 1 is 0.522 bits per heavy atom. The minimum Gasteiger partial charge on any atom is -0.516 e. The summed E-state index contributed by atoms with van der Waals surface area (Å²) in [5, 5.41) is 8.42. The standard InChI is InChI=1S/C22H34O/c1-2-3-4-5-6-7-8-9-10-11-12-13-14-15-16-17-18-19-20-21-22-23/h11-23H,2-10H2,1H3. The van der Waals surface area contributed by atoms with Crippen LogP contribution in [0.5, 0.6) is 0 Å². The fourth-order valence-electron chi connectivity index (χ4n) is 2.13. The molecule has 0 rings (SSSR count). The predicted octanol–water partition coefficient (Wildman–Crippen LogP) is 7.37. The lowest BCUT2D eigenvalue weighted by atomic mass is 10.1. The van der Waals surface area contributed by atoms with Crippen molar-refractivity contribution in [2.24, 2.45) is 0 Å². The van der Waals surface area contributed by atoms with Gasteiger partial charge in [-0.3, -0.25) is 0 Å². The van der Waals surface area contributed by atoms with Gasteiger partial charge >= 0.3 is 0 Å². The highest BCUT2D eigenvalue weighted by atomic mass is 16.2. The summed E-state index contributed by atoms with van der Waals surface area (Å²) in [6, 6.07) is 0. The molecular weight excluding hydrogens is 280 g/mol. The molecule has 0 aliphatic rings. The quantitative estimate of drug-likeness (QED) is 0.201. The van der Waals surface area contributed by atoms with Gasteiger partial charge in [0, 0.05) is 0 Å². The van der Waals surface area contributed by atoms with E-state index < -0.39 is 0 Å². The topological polar surface area (TPSA) is 20.2 Å². The van der Waals surface area contributed by atoms with E-state index in [9.17, 15) is 0 Å². The summed E-state index contributed by atoms with van der Waals surface area (Å²) < 4.78 is 0. The van der Waals surface area contributed by atoms with Crippen molar-refractivity contribution in [3.8, 4) is 0 Å². The van der Waals surface area contributed by atoms with Crippen molar-refractivity contribution in [1.82, 2.24) is 0 Å². The maximum Gasteiger partial charge on any atom is 0.0791 e. The van der Waals surface area contributed by atoms with Crippen LogP contribution in [0.25, 0.3) is 0 Å². The third-order valence-electron chi connectivity index (χ3n) is 3.45. The van der Waals surface area contributed by atoms with Gasteiger partial charge in [0.25, 0.3) is 0 Å². The molecule has 0 radical (unpaired) electrons. The molecular formula is C22H34O. The van der Waals surface area contributed by atoms with E-state index in [1.54, 1.807) is 12.2 Å². The summed E-state index contributed by atoms with van der Waals surface area (Å²) in [5.41, 5.74) is 0. The number of rotatable bonds is 14. The fraction of sp³-hybridized carbons (Fsp3) is 0.455. The highest BCUT2D eigenvalue weighted by Crippen LogP contribution is 2.09. The van der Waals surface area contributed by atoms with E-state index in [0.717, 1.165) is 6.26 Å². The smallest absolute Gasteiger partial charge is 0.0791 e. The van der Waals surface area contributed by atoms with Crippen LogP contribution in [0.2, 0.25) is 0 Å². The van der Waals surface area contributed by atoms with E-state index in [1.807, 2.05) is 36.5 Å². The van der Waals surface area contributed by atoms with Gasteiger partial charge < -0.3 is 5.11 Å². The second-order valence-electron chi connectivity index (χ2n) is 5.57. The lowest BCUT2D eigenvalue weighted by Crippen LogP contribution is -1.79. The fourth-order valence-corrected chi connectivity index (χ4v) is 2.13. The molecule has 0 aromatic carbocycles.